The maximum Gasteiger partial charge on any atom is 0.0517 e. The summed E-state index contributed by atoms with van der Waals surface area (Å²) in [6.07, 6.45) is 23.0. The first-order chi connectivity index (χ1) is 13.6. The smallest absolute Gasteiger partial charge is 0.0517 e. The Morgan fingerprint density at radius 1 is 0.464 bits per heavy atom. The number of rotatable bonds is 23. The molecule has 0 fully saturated rings. The van der Waals surface area contributed by atoms with Gasteiger partial charge in [0.2, 0.25) is 0 Å². The van der Waals surface area contributed by atoms with Crippen LogP contribution in [-0.2, 0) is 9.47 Å². The number of unbranched alkanes of at least 4 members (excludes halogenated alkanes) is 14. The number of ether oxygens (including phenoxy) is 2. The molecule has 0 radical (unpaired) electrons. The van der Waals surface area contributed by atoms with E-state index in [0.717, 1.165) is 32.8 Å². The minimum atomic E-state index is 0.236. The third-order valence-corrected chi connectivity index (χ3v) is 5.70. The minimum absolute atomic E-state index is 0.236. The molecule has 0 unspecified atom stereocenters. The summed E-state index contributed by atoms with van der Waals surface area (Å²) in [5, 5.41) is 0. The predicted octanol–water partition coefficient (Wildman–Crippen LogP) is 8.72. The second-order valence-electron chi connectivity index (χ2n) is 9.53. The molecule has 0 saturated carbocycles. The van der Waals surface area contributed by atoms with Crippen LogP contribution >= 0.6 is 0 Å². The summed E-state index contributed by atoms with van der Waals surface area (Å²) in [5.41, 5.74) is 0.236. The van der Waals surface area contributed by atoms with Gasteiger partial charge in [0, 0.05) is 19.8 Å². The van der Waals surface area contributed by atoms with E-state index in [0.29, 0.717) is 0 Å². The van der Waals surface area contributed by atoms with E-state index < -0.39 is 0 Å². The highest BCUT2D eigenvalue weighted by atomic mass is 16.5. The Bertz CT molecular complexity index is 288. The topological polar surface area (TPSA) is 18.5 Å². The van der Waals surface area contributed by atoms with Crippen molar-refractivity contribution >= 4 is 0 Å². The van der Waals surface area contributed by atoms with Crippen molar-refractivity contribution < 1.29 is 9.47 Å². The highest BCUT2D eigenvalue weighted by Gasteiger charge is 2.17. The van der Waals surface area contributed by atoms with Crippen LogP contribution in [0.15, 0.2) is 0 Å². The van der Waals surface area contributed by atoms with Crippen LogP contribution in [0.1, 0.15) is 137 Å². The molecule has 28 heavy (non-hydrogen) atoms. The molecule has 170 valence electrons. The van der Waals surface area contributed by atoms with Crippen molar-refractivity contribution in [1.82, 2.24) is 0 Å². The van der Waals surface area contributed by atoms with Gasteiger partial charge in [0.25, 0.3) is 0 Å². The van der Waals surface area contributed by atoms with Crippen molar-refractivity contribution in [3.8, 4) is 0 Å². The Labute approximate surface area is 178 Å². The molecule has 0 aromatic heterocycles. The van der Waals surface area contributed by atoms with E-state index in [9.17, 15) is 0 Å². The van der Waals surface area contributed by atoms with Gasteiger partial charge in [-0.1, -0.05) is 118 Å². The van der Waals surface area contributed by atoms with E-state index in [1.54, 1.807) is 0 Å². The third kappa shape index (κ3) is 22.2. The quantitative estimate of drug-likeness (QED) is 0.160. The van der Waals surface area contributed by atoms with Crippen molar-refractivity contribution in [2.45, 2.75) is 137 Å². The average Bonchev–Trinajstić information content (AvgIpc) is 2.67. The largest absolute Gasteiger partial charge is 0.381 e. The van der Waals surface area contributed by atoms with Crippen LogP contribution in [0.3, 0.4) is 0 Å². The lowest BCUT2D eigenvalue weighted by molar-refractivity contribution is 0.0314. The first-order valence-electron chi connectivity index (χ1n) is 12.8. The van der Waals surface area contributed by atoms with Gasteiger partial charge in [-0.25, -0.2) is 0 Å². The van der Waals surface area contributed by atoms with Crippen LogP contribution in [0.5, 0.6) is 0 Å². The normalized spacial score (nSPS) is 12.0. The summed E-state index contributed by atoms with van der Waals surface area (Å²) >= 11 is 0. The van der Waals surface area contributed by atoms with Crippen LogP contribution < -0.4 is 0 Å². The van der Waals surface area contributed by atoms with E-state index in [1.165, 1.54) is 103 Å². The molecule has 2 heteroatoms. The minimum Gasteiger partial charge on any atom is -0.381 e. The summed E-state index contributed by atoms with van der Waals surface area (Å²) in [4.78, 5) is 0. The lowest BCUT2D eigenvalue weighted by Crippen LogP contribution is -2.22. The first kappa shape index (κ1) is 27.9. The summed E-state index contributed by atoms with van der Waals surface area (Å²) in [7, 11) is 0. The number of hydrogen-bond donors (Lipinski definition) is 0. The van der Waals surface area contributed by atoms with Gasteiger partial charge in [0.15, 0.2) is 0 Å². The molecule has 0 rings (SSSR count). The molecule has 0 aromatic carbocycles. The molecule has 0 bridgehead atoms. The molecule has 0 atom stereocenters. The van der Waals surface area contributed by atoms with Gasteiger partial charge in [-0.2, -0.15) is 0 Å². The number of hydrogen-bond acceptors (Lipinski definition) is 2. The molecule has 0 spiro atoms. The van der Waals surface area contributed by atoms with Gasteiger partial charge < -0.3 is 9.47 Å². The SMILES string of the molecule is CCCCCCCCCCCCOCCC(C)(C)COCCCCCCCC. The Kier molecular flexibility index (Phi) is 21.6. The molecule has 0 saturated heterocycles. The van der Waals surface area contributed by atoms with Crippen molar-refractivity contribution in [3.63, 3.8) is 0 Å². The summed E-state index contributed by atoms with van der Waals surface area (Å²) in [6.45, 7) is 12.8. The Morgan fingerprint density at radius 2 is 0.857 bits per heavy atom. The van der Waals surface area contributed by atoms with Gasteiger partial charge in [-0.15, -0.1) is 0 Å². The Balaban J connectivity index is 3.28. The van der Waals surface area contributed by atoms with Gasteiger partial charge in [0.05, 0.1) is 6.61 Å². The van der Waals surface area contributed by atoms with Crippen LogP contribution in [0.4, 0.5) is 0 Å². The van der Waals surface area contributed by atoms with Crippen molar-refractivity contribution in [1.29, 1.82) is 0 Å². The fraction of sp³-hybridized carbons (Fsp3) is 1.00. The lowest BCUT2D eigenvalue weighted by atomic mass is 9.91. The van der Waals surface area contributed by atoms with Crippen LogP contribution in [-0.4, -0.2) is 26.4 Å². The van der Waals surface area contributed by atoms with Crippen molar-refractivity contribution in [3.05, 3.63) is 0 Å². The van der Waals surface area contributed by atoms with E-state index in [4.69, 9.17) is 9.47 Å². The molecular weight excluding hydrogens is 344 g/mol. The summed E-state index contributed by atoms with van der Waals surface area (Å²) < 4.78 is 11.8. The molecule has 0 aliphatic carbocycles. The zero-order chi connectivity index (χ0) is 20.8. The molecular formula is C26H54O2. The van der Waals surface area contributed by atoms with Gasteiger partial charge >= 0.3 is 0 Å². The fourth-order valence-corrected chi connectivity index (χ4v) is 3.55. The molecule has 0 amide bonds. The maximum absolute atomic E-state index is 5.91. The van der Waals surface area contributed by atoms with Crippen LogP contribution in [0, 0.1) is 5.41 Å². The zero-order valence-electron chi connectivity index (χ0n) is 20.2. The summed E-state index contributed by atoms with van der Waals surface area (Å²) in [5.74, 6) is 0. The van der Waals surface area contributed by atoms with Crippen molar-refractivity contribution in [2.24, 2.45) is 5.41 Å². The molecule has 0 heterocycles. The van der Waals surface area contributed by atoms with Gasteiger partial charge in [0.1, 0.15) is 0 Å². The van der Waals surface area contributed by atoms with Crippen molar-refractivity contribution in [2.75, 3.05) is 26.4 Å². The summed E-state index contributed by atoms with van der Waals surface area (Å²) in [6, 6.07) is 0. The van der Waals surface area contributed by atoms with Crippen LogP contribution in [0.2, 0.25) is 0 Å². The molecule has 0 aliphatic heterocycles. The molecule has 2 nitrogen and oxygen atoms in total. The highest BCUT2D eigenvalue weighted by Crippen LogP contribution is 2.21. The Hall–Kier alpha value is -0.0800. The first-order valence-corrected chi connectivity index (χ1v) is 12.8. The van der Waals surface area contributed by atoms with E-state index >= 15 is 0 Å². The molecule has 0 N–H and O–H groups in total. The lowest BCUT2D eigenvalue weighted by Gasteiger charge is -2.24. The average molecular weight is 399 g/mol. The van der Waals surface area contributed by atoms with E-state index in [-0.39, 0.29) is 5.41 Å². The highest BCUT2D eigenvalue weighted by molar-refractivity contribution is 4.67. The third-order valence-electron chi connectivity index (χ3n) is 5.70. The maximum atomic E-state index is 5.91. The van der Waals surface area contributed by atoms with Crippen LogP contribution in [0.25, 0.3) is 0 Å². The monoisotopic (exact) mass is 398 g/mol. The predicted molar refractivity (Wildman–Crippen MR) is 125 cm³/mol. The molecule has 0 aliphatic rings. The second kappa shape index (κ2) is 21.6. The standard InChI is InChI=1S/C26H54O2/c1-5-7-9-11-13-14-15-16-18-19-22-27-24-21-26(3,4)25-28-23-20-17-12-10-8-6-2/h5-25H2,1-4H3. The zero-order valence-corrected chi connectivity index (χ0v) is 20.2. The second-order valence-corrected chi connectivity index (χ2v) is 9.53. The Morgan fingerprint density at radius 3 is 1.32 bits per heavy atom. The fourth-order valence-electron chi connectivity index (χ4n) is 3.55. The van der Waals surface area contributed by atoms with Gasteiger partial charge in [-0.05, 0) is 24.7 Å². The van der Waals surface area contributed by atoms with E-state index in [2.05, 4.69) is 27.7 Å². The van der Waals surface area contributed by atoms with Gasteiger partial charge in [-0.3, -0.25) is 0 Å². The van der Waals surface area contributed by atoms with E-state index in [1.807, 2.05) is 0 Å². The molecule has 0 aromatic rings.